The van der Waals surface area contributed by atoms with E-state index in [2.05, 4.69) is 179 Å². The van der Waals surface area contributed by atoms with Crippen molar-refractivity contribution in [3.8, 4) is 0 Å². The van der Waals surface area contributed by atoms with E-state index >= 15 is 0 Å². The summed E-state index contributed by atoms with van der Waals surface area (Å²) >= 11 is 12.0. The highest BCUT2D eigenvalue weighted by molar-refractivity contribution is 6.30. The highest BCUT2D eigenvalue weighted by Crippen LogP contribution is 2.23. The Morgan fingerprint density at radius 1 is 0.553 bits per heavy atom. The van der Waals surface area contributed by atoms with E-state index < -0.39 is 24.1 Å². The summed E-state index contributed by atoms with van der Waals surface area (Å²) in [6.45, 7) is 14.6. The molecule has 398 valence electrons. The largest absolute Gasteiger partial charge is 0.547 e. The molecule has 0 bridgehead atoms. The maximum Gasteiger partial charge on any atom is 0.243 e. The molecule has 4 N–H and O–H groups in total. The number of carboxylic acid groups (broad SMARTS) is 2. The number of anilines is 2. The second-order valence-corrected chi connectivity index (χ2v) is 19.3. The minimum atomic E-state index is -2.44. The maximum atomic E-state index is 9.63. The van der Waals surface area contributed by atoms with Crippen molar-refractivity contribution >= 4 is 46.5 Å². The molecule has 76 heavy (non-hydrogen) atoms. The number of carboxylic acids is 2. The highest BCUT2D eigenvalue weighted by Gasteiger charge is 2.20. The van der Waals surface area contributed by atoms with Gasteiger partial charge in [-0.15, -0.1) is 0 Å². The molecule has 8 aromatic rings. The van der Waals surface area contributed by atoms with Gasteiger partial charge in [0.1, 0.15) is 75.4 Å². The molecule has 16 heteroatoms. The van der Waals surface area contributed by atoms with Gasteiger partial charge in [0.2, 0.25) is 12.7 Å². The zero-order valence-corrected chi connectivity index (χ0v) is 44.7. The van der Waals surface area contributed by atoms with Gasteiger partial charge >= 0.3 is 0 Å². The number of aliphatic hydroxyl groups is 2. The summed E-state index contributed by atoms with van der Waals surface area (Å²) in [7, 11) is 0. The smallest absolute Gasteiger partial charge is 0.243 e. The van der Waals surface area contributed by atoms with Gasteiger partial charge < -0.3 is 50.1 Å². The zero-order valence-electron chi connectivity index (χ0n) is 43.2. The lowest BCUT2D eigenvalue weighted by Crippen LogP contribution is -2.51. The summed E-state index contributed by atoms with van der Waals surface area (Å²) in [6, 6.07) is 49.5. The number of hydrogen-bond acceptors (Lipinski definition) is 10. The molecule has 6 aromatic carbocycles. The van der Waals surface area contributed by atoms with Crippen molar-refractivity contribution in [2.24, 2.45) is 0 Å². The Bertz CT molecular complexity index is 2820. The summed E-state index contributed by atoms with van der Waals surface area (Å²) in [5.41, 5.74) is 12.1. The second kappa shape index (κ2) is 29.7. The van der Waals surface area contributed by atoms with E-state index in [0.717, 1.165) is 60.4 Å². The molecule has 2 aromatic heterocycles. The van der Waals surface area contributed by atoms with Gasteiger partial charge in [0.15, 0.2) is 0 Å². The van der Waals surface area contributed by atoms with Crippen LogP contribution in [0.4, 0.5) is 11.4 Å². The lowest BCUT2D eigenvalue weighted by atomic mass is 10.1. The third-order valence-corrected chi connectivity index (χ3v) is 12.7. The molecule has 0 aliphatic rings. The van der Waals surface area contributed by atoms with Crippen molar-refractivity contribution in [1.82, 2.24) is 9.13 Å². The van der Waals surface area contributed by atoms with Crippen LogP contribution in [0.5, 0.6) is 0 Å². The van der Waals surface area contributed by atoms with Crippen LogP contribution in [0.3, 0.4) is 0 Å². The van der Waals surface area contributed by atoms with E-state index in [0.29, 0.717) is 13.2 Å². The lowest BCUT2D eigenvalue weighted by molar-refractivity contribution is -0.705. The monoisotopic (exact) mass is 1070 g/mol. The molecule has 4 unspecified atom stereocenters. The lowest BCUT2D eigenvalue weighted by Gasteiger charge is -2.18. The molecule has 14 nitrogen and oxygen atoms in total. The van der Waals surface area contributed by atoms with Gasteiger partial charge in [0, 0.05) is 21.4 Å². The first kappa shape index (κ1) is 58.0. The first-order valence-electron chi connectivity index (χ1n) is 24.9. The van der Waals surface area contributed by atoms with Gasteiger partial charge in [0.05, 0.1) is 38.2 Å². The average Bonchev–Trinajstić information content (AvgIpc) is 4.08. The normalized spacial score (nSPS) is 12.5. The van der Waals surface area contributed by atoms with Crippen LogP contribution in [0, 0.1) is 27.7 Å². The fraction of sp³-hybridized carbons (Fsp3) is 0.267. The molecule has 2 heterocycles. The third-order valence-electron chi connectivity index (χ3n) is 12.2. The Hall–Kier alpha value is -7.30. The standard InChI is InChI=1S/2C28H31ClN3O.C4H6O6/c2*1-22-8-13-27(23(2)18-22)30-14-15-31-16-17-32(21-31)19-28(25-6-4-3-5-7-25)33-20-24-9-11-26(29)12-10-24;5-1(3(7)8)2(6)4(9)10/h2*3-13,16-18,21,28,30H,14-15,19-20H2,1-2H3;1-2,5-6H,(H,7,8)(H,9,10)/q2*+1;/p-2. The van der Waals surface area contributed by atoms with Crippen LogP contribution < -0.4 is 30.0 Å². The van der Waals surface area contributed by atoms with Crippen LogP contribution in [0.2, 0.25) is 10.0 Å². The Morgan fingerprint density at radius 3 is 1.26 bits per heavy atom. The summed E-state index contributed by atoms with van der Waals surface area (Å²) in [5.74, 6) is -4.12. The molecule has 0 fully saturated rings. The molecule has 8 rings (SSSR count). The van der Waals surface area contributed by atoms with E-state index in [1.54, 1.807) is 0 Å². The number of nitrogens with one attached hydrogen (secondary N) is 2. The topological polar surface area (TPSA) is 181 Å². The zero-order chi connectivity index (χ0) is 54.4. The number of imidazole rings is 2. The number of aliphatic carboxylic acids is 2. The molecular formula is C60H66Cl2N6O8. The predicted molar refractivity (Wildman–Crippen MR) is 291 cm³/mol. The van der Waals surface area contributed by atoms with Crippen molar-refractivity contribution in [3.05, 3.63) is 238 Å². The van der Waals surface area contributed by atoms with Gasteiger partial charge in [-0.1, -0.05) is 144 Å². The molecule has 0 aliphatic heterocycles. The fourth-order valence-electron chi connectivity index (χ4n) is 8.06. The predicted octanol–water partition coefficient (Wildman–Crippen LogP) is 7.44. The fourth-order valence-corrected chi connectivity index (χ4v) is 8.31. The Balaban J connectivity index is 0.000000210. The van der Waals surface area contributed by atoms with Crippen LogP contribution in [-0.2, 0) is 58.5 Å². The van der Waals surface area contributed by atoms with Gasteiger partial charge in [-0.2, -0.15) is 0 Å². The van der Waals surface area contributed by atoms with Crippen molar-refractivity contribution in [1.29, 1.82) is 0 Å². The van der Waals surface area contributed by atoms with E-state index in [1.165, 1.54) is 44.8 Å². The van der Waals surface area contributed by atoms with Crippen molar-refractivity contribution in [2.45, 2.75) is 91.5 Å². The number of aliphatic hydroxyl groups excluding tert-OH is 2. The number of rotatable bonds is 23. The van der Waals surface area contributed by atoms with Gasteiger partial charge in [-0.3, -0.25) is 0 Å². The van der Waals surface area contributed by atoms with E-state index in [1.807, 2.05) is 60.7 Å². The Kier molecular flexibility index (Phi) is 22.7. The first-order chi connectivity index (χ1) is 36.6. The minimum Gasteiger partial charge on any atom is -0.547 e. The number of aromatic nitrogens is 4. The van der Waals surface area contributed by atoms with Crippen LogP contribution in [0.15, 0.2) is 183 Å². The summed E-state index contributed by atoms with van der Waals surface area (Å²) < 4.78 is 21.5. The number of aryl methyl sites for hydroxylation is 4. The number of benzene rings is 6. The van der Waals surface area contributed by atoms with Crippen LogP contribution in [0.1, 0.15) is 56.7 Å². The van der Waals surface area contributed by atoms with E-state index in [4.69, 9.17) is 42.9 Å². The molecule has 0 saturated heterocycles. The number of halogens is 2. The quantitative estimate of drug-likeness (QED) is 0.0471. The first-order valence-corrected chi connectivity index (χ1v) is 25.7. The molecule has 0 radical (unpaired) electrons. The average molecular weight is 1070 g/mol. The summed E-state index contributed by atoms with van der Waals surface area (Å²) in [5, 5.41) is 44.3. The SMILES string of the molecule is Cc1ccc(NCCn2cc[n+](CC(OCc3ccc(Cl)cc3)c3ccccc3)c2)c(C)c1.Cc1ccc(NCCn2cc[n+](CC(OCc3ccc(Cl)cc3)c3ccccc3)c2)c(C)c1.O=C([O-])C(O)C(O)C(=O)[O-]. The van der Waals surface area contributed by atoms with Crippen molar-refractivity contribution < 1.29 is 48.6 Å². The van der Waals surface area contributed by atoms with E-state index in [-0.39, 0.29) is 12.2 Å². The van der Waals surface area contributed by atoms with E-state index in [9.17, 15) is 19.8 Å². The van der Waals surface area contributed by atoms with Crippen LogP contribution in [0.25, 0.3) is 0 Å². The number of nitrogens with zero attached hydrogens (tertiary/aromatic N) is 4. The molecular weight excluding hydrogens is 1000 g/mol. The molecule has 0 saturated carbocycles. The molecule has 4 atom stereocenters. The van der Waals surface area contributed by atoms with Gasteiger partial charge in [-0.05, 0) is 97.5 Å². The second-order valence-electron chi connectivity index (χ2n) is 18.4. The molecule has 0 spiro atoms. The summed E-state index contributed by atoms with van der Waals surface area (Å²) in [4.78, 5) is 19.3. The summed E-state index contributed by atoms with van der Waals surface area (Å²) in [6.07, 6.45) is 7.77. The number of carbonyl (C=O) groups excluding carboxylic acids is 2. The number of ether oxygens (including phenoxy) is 2. The van der Waals surface area contributed by atoms with Crippen molar-refractivity contribution in [2.75, 3.05) is 23.7 Å². The molecule has 0 amide bonds. The number of carbonyl (C=O) groups is 2. The third kappa shape index (κ3) is 19.1. The minimum absolute atomic E-state index is 0.0453. The molecule has 0 aliphatic carbocycles. The van der Waals surface area contributed by atoms with Crippen LogP contribution in [-0.4, -0.2) is 56.6 Å². The van der Waals surface area contributed by atoms with Crippen LogP contribution >= 0.6 is 23.2 Å². The Labute approximate surface area is 455 Å². The maximum absolute atomic E-state index is 9.63. The van der Waals surface area contributed by atoms with Gasteiger partial charge in [-0.25, -0.2) is 18.3 Å². The number of hydrogen-bond donors (Lipinski definition) is 4. The Morgan fingerprint density at radius 2 is 0.921 bits per heavy atom. The van der Waals surface area contributed by atoms with Gasteiger partial charge in [0.25, 0.3) is 0 Å². The highest BCUT2D eigenvalue weighted by atomic mass is 35.5. The van der Waals surface area contributed by atoms with Crippen molar-refractivity contribution in [3.63, 3.8) is 0 Å².